The van der Waals surface area contributed by atoms with Gasteiger partial charge in [0.2, 0.25) is 0 Å². The summed E-state index contributed by atoms with van der Waals surface area (Å²) in [5.41, 5.74) is 9.44. The van der Waals surface area contributed by atoms with Gasteiger partial charge in [-0.25, -0.2) is 5.20 Å². The van der Waals surface area contributed by atoms with Gasteiger partial charge >= 0.3 is 21.7 Å². The van der Waals surface area contributed by atoms with E-state index in [0.29, 0.717) is 0 Å². The van der Waals surface area contributed by atoms with Crippen molar-refractivity contribution in [3.05, 3.63) is 50.7 Å². The summed E-state index contributed by atoms with van der Waals surface area (Å²) in [7, 11) is -1.25. The van der Waals surface area contributed by atoms with Crippen LogP contribution in [0, 0.1) is 46.1 Å². The third-order valence-corrected chi connectivity index (χ3v) is 10.3. The molecule has 1 aliphatic rings. The van der Waals surface area contributed by atoms with E-state index in [4.69, 9.17) is 0 Å². The van der Waals surface area contributed by atoms with Crippen molar-refractivity contribution in [1.82, 2.24) is 0 Å². The van der Waals surface area contributed by atoms with Crippen LogP contribution in [0.4, 0.5) is 0 Å². The van der Waals surface area contributed by atoms with Crippen LogP contribution in [0.3, 0.4) is 0 Å². The van der Waals surface area contributed by atoms with Crippen LogP contribution >= 0.6 is 0 Å². The second-order valence-electron chi connectivity index (χ2n) is 9.25. The molecule has 1 atom stereocenters. The molecule has 0 radical (unpaired) electrons. The normalized spacial score (nSPS) is 13.8. The summed E-state index contributed by atoms with van der Waals surface area (Å²) in [5, 5.41) is 3.35. The Hall–Kier alpha value is 0.501. The SMILES string of the molecule is CCCCC[SiH](C1=[C-]CC=C1C(C)(C)C)c1c(C)c(C)c(C)c(C)c1C.[Cl-].[Cl-].[Cl-].[Ti+4]. The van der Waals surface area contributed by atoms with E-state index < -0.39 is 8.80 Å². The first-order valence-corrected chi connectivity index (χ1v) is 12.5. The van der Waals surface area contributed by atoms with Gasteiger partial charge in [0.1, 0.15) is 0 Å². The van der Waals surface area contributed by atoms with Crippen molar-refractivity contribution in [2.45, 2.75) is 94.0 Å². The van der Waals surface area contributed by atoms with Gasteiger partial charge in [0.15, 0.2) is 0 Å². The molecule has 30 heavy (non-hydrogen) atoms. The predicted octanol–water partition coefficient (Wildman–Crippen LogP) is -2.49. The molecule has 0 aliphatic heterocycles. The van der Waals surface area contributed by atoms with Crippen LogP contribution in [-0.4, -0.2) is 8.80 Å². The molecule has 0 fully saturated rings. The second-order valence-corrected chi connectivity index (χ2v) is 12.1. The summed E-state index contributed by atoms with van der Waals surface area (Å²) in [6, 6.07) is 1.38. The molecule has 5 heteroatoms. The third kappa shape index (κ3) is 7.53. The van der Waals surface area contributed by atoms with Crippen LogP contribution in [-0.2, 0) is 21.7 Å². The van der Waals surface area contributed by atoms with E-state index in [1.165, 1.54) is 42.0 Å². The molecule has 0 spiro atoms. The number of hydrogen-bond acceptors (Lipinski definition) is 0. The second kappa shape index (κ2) is 14.6. The van der Waals surface area contributed by atoms with Gasteiger partial charge in [0, 0.05) is 0 Å². The van der Waals surface area contributed by atoms with E-state index in [1.54, 1.807) is 27.1 Å². The van der Waals surface area contributed by atoms with Crippen LogP contribution in [0.25, 0.3) is 0 Å². The standard InChI is InChI=1S/C25H39Si.3ClH.Ti/c1-10-11-12-16-26(23-15-13-14-22(23)25(7,8)9)24-20(5)18(3)17(2)19(4)21(24)6;;;;/h14,26H,10-13,16H2,1-9H3;3*1H;/q-1;;;;+4/p-3. The molecule has 2 rings (SSSR count). The van der Waals surface area contributed by atoms with Gasteiger partial charge in [-0.3, -0.25) is 6.08 Å². The maximum atomic E-state index is 3.83. The molecule has 1 unspecified atom stereocenters. The first kappa shape index (κ1) is 35.1. The predicted molar refractivity (Wildman–Crippen MR) is 120 cm³/mol. The number of benzene rings is 1. The third-order valence-electron chi connectivity index (χ3n) is 6.55. The summed E-state index contributed by atoms with van der Waals surface area (Å²) in [4.78, 5) is 0. The van der Waals surface area contributed by atoms with E-state index in [0.717, 1.165) is 6.42 Å². The summed E-state index contributed by atoms with van der Waals surface area (Å²) in [6.07, 6.45) is 11.3. The maximum absolute atomic E-state index is 3.83. The first-order valence-electron chi connectivity index (χ1n) is 10.5. The first-order chi connectivity index (χ1) is 12.1. The summed E-state index contributed by atoms with van der Waals surface area (Å²) < 4.78 is 0. The van der Waals surface area contributed by atoms with Gasteiger partial charge in [-0.1, -0.05) is 63.6 Å². The molecule has 0 aromatic heterocycles. The maximum Gasteiger partial charge on any atom is 4.00 e. The summed E-state index contributed by atoms with van der Waals surface area (Å²) in [6.45, 7) is 21.1. The zero-order valence-electron chi connectivity index (χ0n) is 20.3. The van der Waals surface area contributed by atoms with Gasteiger partial charge in [-0.2, -0.15) is 11.6 Å². The van der Waals surface area contributed by atoms with Crippen molar-refractivity contribution in [1.29, 1.82) is 0 Å². The van der Waals surface area contributed by atoms with Gasteiger partial charge in [0.25, 0.3) is 0 Å². The molecule has 0 saturated heterocycles. The molecule has 1 aromatic rings. The van der Waals surface area contributed by atoms with Gasteiger partial charge < -0.3 is 37.2 Å². The van der Waals surface area contributed by atoms with Crippen molar-refractivity contribution >= 4 is 14.0 Å². The Morgan fingerprint density at radius 2 is 1.30 bits per heavy atom. The van der Waals surface area contributed by atoms with Crippen molar-refractivity contribution in [3.8, 4) is 0 Å². The molecule has 1 aromatic carbocycles. The Bertz CT molecular complexity index is 717. The molecule has 0 nitrogen and oxygen atoms in total. The van der Waals surface area contributed by atoms with Crippen LogP contribution in [0.1, 0.15) is 81.2 Å². The fraction of sp³-hybridized carbons (Fsp3) is 0.600. The number of allylic oxidation sites excluding steroid dienone is 4. The summed E-state index contributed by atoms with van der Waals surface area (Å²) >= 11 is 0. The van der Waals surface area contributed by atoms with Gasteiger partial charge in [-0.05, 0) is 62.4 Å². The molecular formula is C25H39Cl3SiTi. The monoisotopic (exact) mass is 520 g/mol. The van der Waals surface area contributed by atoms with Gasteiger partial charge in [0.05, 0.1) is 8.80 Å². The van der Waals surface area contributed by atoms with Crippen LogP contribution in [0.5, 0.6) is 0 Å². The van der Waals surface area contributed by atoms with E-state index in [1.807, 2.05) is 0 Å². The molecule has 0 saturated carbocycles. The van der Waals surface area contributed by atoms with Crippen molar-refractivity contribution in [3.63, 3.8) is 0 Å². The van der Waals surface area contributed by atoms with Crippen LogP contribution in [0.15, 0.2) is 16.8 Å². The minimum absolute atomic E-state index is 0. The van der Waals surface area contributed by atoms with Crippen molar-refractivity contribution in [2.75, 3.05) is 0 Å². The fourth-order valence-electron chi connectivity index (χ4n) is 4.57. The Labute approximate surface area is 221 Å². The number of hydrogen-bond donors (Lipinski definition) is 0. The number of unbranched alkanes of at least 4 members (excludes halogenated alkanes) is 2. The largest absolute Gasteiger partial charge is 4.00 e. The van der Waals surface area contributed by atoms with E-state index in [-0.39, 0.29) is 64.4 Å². The Morgan fingerprint density at radius 3 is 1.73 bits per heavy atom. The van der Waals surface area contributed by atoms with E-state index in [2.05, 4.69) is 74.5 Å². The Balaban J connectivity index is -0.00000182. The van der Waals surface area contributed by atoms with Crippen LogP contribution in [0.2, 0.25) is 6.04 Å². The molecule has 0 N–H and O–H groups in total. The Kier molecular flexibility index (Phi) is 17.1. The minimum Gasteiger partial charge on any atom is -1.00 e. The van der Waals surface area contributed by atoms with Crippen LogP contribution < -0.4 is 42.4 Å². The molecule has 0 amide bonds. The van der Waals surface area contributed by atoms with Gasteiger partial charge in [-0.15, -0.1) is 6.42 Å². The smallest absolute Gasteiger partial charge is 1.00 e. The zero-order valence-corrected chi connectivity index (χ0v) is 25.3. The average molecular weight is 522 g/mol. The Morgan fingerprint density at radius 1 is 0.833 bits per heavy atom. The molecule has 0 bridgehead atoms. The van der Waals surface area contributed by atoms with Crippen molar-refractivity contribution < 1.29 is 58.9 Å². The van der Waals surface area contributed by atoms with E-state index in [9.17, 15) is 0 Å². The number of halogens is 3. The minimum atomic E-state index is -1.25. The van der Waals surface area contributed by atoms with Crippen molar-refractivity contribution in [2.24, 2.45) is 5.41 Å². The number of rotatable bonds is 6. The zero-order chi connectivity index (χ0) is 19.6. The quantitative estimate of drug-likeness (QED) is 0.221. The summed E-state index contributed by atoms with van der Waals surface area (Å²) in [5.74, 6) is 0. The molecule has 168 valence electrons. The molecule has 0 heterocycles. The van der Waals surface area contributed by atoms with E-state index >= 15 is 0 Å². The molecular weight excluding hydrogens is 483 g/mol. The fourth-order valence-corrected chi connectivity index (χ4v) is 8.90. The molecule has 1 aliphatic carbocycles. The topological polar surface area (TPSA) is 0 Å². The average Bonchev–Trinajstić information content (AvgIpc) is 3.07.